The molecule has 1 aliphatic heterocycles. The predicted molar refractivity (Wildman–Crippen MR) is 82.6 cm³/mol. The van der Waals surface area contributed by atoms with Crippen molar-refractivity contribution in [1.82, 2.24) is 10.2 Å². The first kappa shape index (κ1) is 14.5. The standard InChI is InChI=1S/C17H28N2/c1-13-8-9-14(2)16(11-13)17(18-4)12-19-10-6-5-7-15(19)3/h8-9,11,15,17-18H,5-7,10,12H2,1-4H3. The summed E-state index contributed by atoms with van der Waals surface area (Å²) in [5.41, 5.74) is 4.21. The highest BCUT2D eigenvalue weighted by atomic mass is 15.2. The minimum absolute atomic E-state index is 0.445. The van der Waals surface area contributed by atoms with Crippen LogP contribution in [0.2, 0.25) is 0 Å². The summed E-state index contributed by atoms with van der Waals surface area (Å²) >= 11 is 0. The lowest BCUT2D eigenvalue weighted by Crippen LogP contribution is -2.42. The van der Waals surface area contributed by atoms with Crippen molar-refractivity contribution in [3.8, 4) is 0 Å². The maximum Gasteiger partial charge on any atom is 0.0449 e. The molecule has 0 amide bonds. The average molecular weight is 260 g/mol. The first-order valence-electron chi connectivity index (χ1n) is 7.60. The van der Waals surface area contributed by atoms with E-state index in [4.69, 9.17) is 0 Å². The van der Waals surface area contributed by atoms with Gasteiger partial charge in [-0.05, 0) is 58.3 Å². The summed E-state index contributed by atoms with van der Waals surface area (Å²) in [5, 5.41) is 3.51. The highest BCUT2D eigenvalue weighted by Crippen LogP contribution is 2.24. The van der Waals surface area contributed by atoms with Crippen molar-refractivity contribution in [2.45, 2.75) is 52.1 Å². The molecule has 1 aromatic rings. The lowest BCUT2D eigenvalue weighted by Gasteiger charge is -2.36. The van der Waals surface area contributed by atoms with Gasteiger partial charge in [0.1, 0.15) is 0 Å². The van der Waals surface area contributed by atoms with E-state index in [9.17, 15) is 0 Å². The van der Waals surface area contributed by atoms with Crippen LogP contribution in [-0.4, -0.2) is 31.1 Å². The lowest BCUT2D eigenvalue weighted by atomic mass is 9.96. The molecule has 0 bridgehead atoms. The maximum absolute atomic E-state index is 3.51. The van der Waals surface area contributed by atoms with E-state index in [1.54, 1.807) is 0 Å². The van der Waals surface area contributed by atoms with Gasteiger partial charge in [0.2, 0.25) is 0 Å². The smallest absolute Gasteiger partial charge is 0.0449 e. The van der Waals surface area contributed by atoms with E-state index < -0.39 is 0 Å². The maximum atomic E-state index is 3.51. The molecule has 1 saturated heterocycles. The van der Waals surface area contributed by atoms with Crippen LogP contribution in [-0.2, 0) is 0 Å². The lowest BCUT2D eigenvalue weighted by molar-refractivity contribution is 0.146. The Bertz CT molecular complexity index is 414. The highest BCUT2D eigenvalue weighted by molar-refractivity contribution is 5.33. The Morgan fingerprint density at radius 3 is 2.79 bits per heavy atom. The zero-order valence-corrected chi connectivity index (χ0v) is 12.9. The monoisotopic (exact) mass is 260 g/mol. The van der Waals surface area contributed by atoms with Crippen LogP contribution in [0.1, 0.15) is 48.9 Å². The molecule has 1 aliphatic rings. The zero-order valence-electron chi connectivity index (χ0n) is 12.9. The van der Waals surface area contributed by atoms with Gasteiger partial charge in [-0.1, -0.05) is 30.2 Å². The molecule has 0 spiro atoms. The minimum Gasteiger partial charge on any atom is -0.312 e. The zero-order chi connectivity index (χ0) is 13.8. The van der Waals surface area contributed by atoms with Gasteiger partial charge in [0.15, 0.2) is 0 Å². The van der Waals surface area contributed by atoms with Gasteiger partial charge in [0.25, 0.3) is 0 Å². The first-order chi connectivity index (χ1) is 9.11. The number of nitrogens with one attached hydrogen (secondary N) is 1. The summed E-state index contributed by atoms with van der Waals surface area (Å²) in [6.07, 6.45) is 4.10. The van der Waals surface area contributed by atoms with Crippen LogP contribution in [0.3, 0.4) is 0 Å². The Morgan fingerprint density at radius 2 is 2.11 bits per heavy atom. The number of likely N-dealkylation sites (tertiary alicyclic amines) is 1. The predicted octanol–water partition coefficient (Wildman–Crippen LogP) is 3.44. The summed E-state index contributed by atoms with van der Waals surface area (Å²) in [6, 6.07) is 7.96. The van der Waals surface area contributed by atoms with Gasteiger partial charge in [-0.15, -0.1) is 0 Å². The molecule has 1 heterocycles. The molecule has 106 valence electrons. The van der Waals surface area contributed by atoms with E-state index >= 15 is 0 Å². The fourth-order valence-electron chi connectivity index (χ4n) is 3.14. The molecule has 2 heteroatoms. The van der Waals surface area contributed by atoms with E-state index in [-0.39, 0.29) is 0 Å². The third-order valence-corrected chi connectivity index (χ3v) is 4.52. The molecule has 2 unspecified atom stereocenters. The van der Waals surface area contributed by atoms with Crippen LogP contribution in [0.5, 0.6) is 0 Å². The fourth-order valence-corrected chi connectivity index (χ4v) is 3.14. The molecule has 1 aromatic carbocycles. The molecule has 0 aromatic heterocycles. The van der Waals surface area contributed by atoms with E-state index in [1.165, 1.54) is 42.5 Å². The minimum atomic E-state index is 0.445. The number of piperidine rings is 1. The van der Waals surface area contributed by atoms with E-state index in [2.05, 4.69) is 56.2 Å². The second kappa shape index (κ2) is 6.53. The fraction of sp³-hybridized carbons (Fsp3) is 0.647. The number of likely N-dealkylation sites (N-methyl/N-ethyl adjacent to an activating group) is 1. The van der Waals surface area contributed by atoms with Crippen molar-refractivity contribution in [1.29, 1.82) is 0 Å². The molecular weight excluding hydrogens is 232 g/mol. The Hall–Kier alpha value is -0.860. The summed E-state index contributed by atoms with van der Waals surface area (Å²) in [4.78, 5) is 2.65. The third kappa shape index (κ3) is 3.58. The summed E-state index contributed by atoms with van der Waals surface area (Å²) < 4.78 is 0. The van der Waals surface area contributed by atoms with Gasteiger partial charge >= 0.3 is 0 Å². The van der Waals surface area contributed by atoms with Gasteiger partial charge in [-0.25, -0.2) is 0 Å². The molecule has 2 atom stereocenters. The molecule has 0 saturated carbocycles. The average Bonchev–Trinajstić information content (AvgIpc) is 2.41. The Morgan fingerprint density at radius 1 is 1.32 bits per heavy atom. The van der Waals surface area contributed by atoms with Gasteiger partial charge < -0.3 is 5.32 Å². The topological polar surface area (TPSA) is 15.3 Å². The molecule has 19 heavy (non-hydrogen) atoms. The van der Waals surface area contributed by atoms with Crippen molar-refractivity contribution in [3.63, 3.8) is 0 Å². The molecule has 1 N–H and O–H groups in total. The number of aryl methyl sites for hydroxylation is 2. The van der Waals surface area contributed by atoms with Crippen LogP contribution < -0.4 is 5.32 Å². The van der Waals surface area contributed by atoms with Crippen LogP contribution in [0.25, 0.3) is 0 Å². The molecular formula is C17H28N2. The van der Waals surface area contributed by atoms with E-state index in [0.29, 0.717) is 6.04 Å². The van der Waals surface area contributed by atoms with Crippen molar-refractivity contribution < 1.29 is 0 Å². The van der Waals surface area contributed by atoms with Crippen LogP contribution >= 0.6 is 0 Å². The second-order valence-corrected chi connectivity index (χ2v) is 6.04. The molecule has 0 radical (unpaired) electrons. The third-order valence-electron chi connectivity index (χ3n) is 4.52. The van der Waals surface area contributed by atoms with Gasteiger partial charge in [-0.2, -0.15) is 0 Å². The Labute approximate surface area is 118 Å². The summed E-state index contributed by atoms with van der Waals surface area (Å²) in [6.45, 7) is 9.15. The summed E-state index contributed by atoms with van der Waals surface area (Å²) in [5.74, 6) is 0. The number of hydrogen-bond donors (Lipinski definition) is 1. The first-order valence-corrected chi connectivity index (χ1v) is 7.60. The Kier molecular flexibility index (Phi) is 5.00. The van der Waals surface area contributed by atoms with Crippen molar-refractivity contribution in [2.24, 2.45) is 0 Å². The quantitative estimate of drug-likeness (QED) is 0.892. The van der Waals surface area contributed by atoms with Crippen LogP contribution in [0.15, 0.2) is 18.2 Å². The van der Waals surface area contributed by atoms with Crippen molar-refractivity contribution in [3.05, 3.63) is 34.9 Å². The van der Waals surface area contributed by atoms with Crippen LogP contribution in [0.4, 0.5) is 0 Å². The Balaban J connectivity index is 2.13. The van der Waals surface area contributed by atoms with Gasteiger partial charge in [0.05, 0.1) is 0 Å². The second-order valence-electron chi connectivity index (χ2n) is 6.04. The SMILES string of the molecule is CNC(CN1CCCCC1C)c1cc(C)ccc1C. The van der Waals surface area contributed by atoms with Gasteiger partial charge in [-0.3, -0.25) is 4.90 Å². The van der Waals surface area contributed by atoms with E-state index in [1.807, 2.05) is 0 Å². The van der Waals surface area contributed by atoms with E-state index in [0.717, 1.165) is 12.6 Å². The van der Waals surface area contributed by atoms with Crippen molar-refractivity contribution in [2.75, 3.05) is 20.1 Å². The molecule has 0 aliphatic carbocycles. The molecule has 2 nitrogen and oxygen atoms in total. The largest absolute Gasteiger partial charge is 0.312 e. The number of nitrogens with zero attached hydrogens (tertiary/aromatic N) is 1. The normalized spacial score (nSPS) is 22.4. The van der Waals surface area contributed by atoms with Crippen LogP contribution in [0, 0.1) is 13.8 Å². The molecule has 1 fully saturated rings. The highest BCUT2D eigenvalue weighted by Gasteiger charge is 2.22. The van der Waals surface area contributed by atoms with Crippen molar-refractivity contribution >= 4 is 0 Å². The number of benzene rings is 1. The molecule has 2 rings (SSSR count). The summed E-state index contributed by atoms with van der Waals surface area (Å²) in [7, 11) is 2.08. The number of hydrogen-bond acceptors (Lipinski definition) is 2. The number of rotatable bonds is 4. The van der Waals surface area contributed by atoms with Gasteiger partial charge in [0, 0.05) is 18.6 Å².